The highest BCUT2D eigenvalue weighted by Crippen LogP contribution is 2.31. The normalized spacial score (nSPS) is 10.8. The second-order valence-electron chi connectivity index (χ2n) is 4.84. The van der Waals surface area contributed by atoms with Crippen LogP contribution < -0.4 is 10.1 Å². The summed E-state index contributed by atoms with van der Waals surface area (Å²) in [5, 5.41) is 10.7. The van der Waals surface area contributed by atoms with Gasteiger partial charge in [-0.2, -0.15) is 5.10 Å². The number of nitrogens with one attached hydrogen (secondary N) is 2. The highest BCUT2D eigenvalue weighted by molar-refractivity contribution is 5.69. The van der Waals surface area contributed by atoms with E-state index in [4.69, 9.17) is 4.74 Å². The Morgan fingerprint density at radius 3 is 2.58 bits per heavy atom. The molecule has 0 radical (unpaired) electrons. The van der Waals surface area contributed by atoms with E-state index in [2.05, 4.69) is 48.4 Å². The lowest BCUT2D eigenvalue weighted by Gasteiger charge is -2.10. The first-order chi connectivity index (χ1) is 9.08. The fourth-order valence-electron chi connectivity index (χ4n) is 2.31. The van der Waals surface area contributed by atoms with Gasteiger partial charge in [0.15, 0.2) is 0 Å². The third-order valence-corrected chi connectivity index (χ3v) is 3.46. The Kier molecular flexibility index (Phi) is 3.90. The van der Waals surface area contributed by atoms with Crippen LogP contribution in [-0.2, 0) is 6.54 Å². The molecular weight excluding hydrogens is 238 g/mol. The molecule has 1 aromatic heterocycles. The number of benzene rings is 1. The van der Waals surface area contributed by atoms with Gasteiger partial charge in [-0.1, -0.05) is 0 Å². The van der Waals surface area contributed by atoms with Crippen LogP contribution in [0.1, 0.15) is 22.4 Å². The average Bonchev–Trinajstić information content (AvgIpc) is 2.74. The summed E-state index contributed by atoms with van der Waals surface area (Å²) in [6.07, 6.45) is 0. The molecule has 4 nitrogen and oxygen atoms in total. The van der Waals surface area contributed by atoms with E-state index < -0.39 is 0 Å². The summed E-state index contributed by atoms with van der Waals surface area (Å²) in [7, 11) is 3.63. The van der Waals surface area contributed by atoms with Crippen molar-refractivity contribution in [3.63, 3.8) is 0 Å². The Hall–Kier alpha value is -1.81. The Balaban J connectivity index is 2.50. The van der Waals surface area contributed by atoms with E-state index >= 15 is 0 Å². The minimum atomic E-state index is 0.799. The minimum absolute atomic E-state index is 0.799. The van der Waals surface area contributed by atoms with Gasteiger partial charge >= 0.3 is 0 Å². The molecule has 0 spiro atoms. The monoisotopic (exact) mass is 259 g/mol. The van der Waals surface area contributed by atoms with Crippen LogP contribution in [0.3, 0.4) is 0 Å². The molecule has 0 unspecified atom stereocenters. The van der Waals surface area contributed by atoms with Crippen LogP contribution >= 0.6 is 0 Å². The molecule has 0 saturated heterocycles. The van der Waals surface area contributed by atoms with Gasteiger partial charge in [0.2, 0.25) is 0 Å². The first kappa shape index (κ1) is 13.6. The molecule has 0 aliphatic rings. The maximum Gasteiger partial charge on any atom is 0.122 e. The predicted molar refractivity (Wildman–Crippen MR) is 77.6 cm³/mol. The minimum Gasteiger partial charge on any atom is -0.496 e. The van der Waals surface area contributed by atoms with E-state index in [0.29, 0.717) is 0 Å². The van der Waals surface area contributed by atoms with Crippen LogP contribution in [0.4, 0.5) is 0 Å². The number of aromatic nitrogens is 2. The van der Waals surface area contributed by atoms with Gasteiger partial charge in [-0.25, -0.2) is 0 Å². The summed E-state index contributed by atoms with van der Waals surface area (Å²) >= 11 is 0. The molecule has 0 saturated carbocycles. The second-order valence-corrected chi connectivity index (χ2v) is 4.84. The Labute approximate surface area is 114 Å². The molecule has 4 heteroatoms. The molecule has 0 aliphatic heterocycles. The van der Waals surface area contributed by atoms with Gasteiger partial charge < -0.3 is 10.1 Å². The summed E-state index contributed by atoms with van der Waals surface area (Å²) in [6.45, 7) is 7.04. The average molecular weight is 259 g/mol. The standard InChI is InChI=1S/C15H21N3O/c1-9-7-14(19-5)10(2)6-12(9)15-11(3)13(8-16-4)17-18-15/h6-7,16H,8H2,1-5H3,(H,17,18). The number of hydrogen-bond donors (Lipinski definition) is 2. The van der Waals surface area contributed by atoms with Crippen molar-refractivity contribution in [2.24, 2.45) is 0 Å². The zero-order chi connectivity index (χ0) is 14.0. The molecule has 0 atom stereocenters. The molecule has 1 heterocycles. The molecule has 2 N–H and O–H groups in total. The quantitative estimate of drug-likeness (QED) is 0.887. The molecular formula is C15H21N3O. The summed E-state index contributed by atoms with van der Waals surface area (Å²) in [5.74, 6) is 0.921. The van der Waals surface area contributed by atoms with Gasteiger partial charge in [0, 0.05) is 12.1 Å². The maximum atomic E-state index is 5.35. The maximum absolute atomic E-state index is 5.35. The first-order valence-electron chi connectivity index (χ1n) is 6.42. The van der Waals surface area contributed by atoms with Crippen molar-refractivity contribution in [1.29, 1.82) is 0 Å². The van der Waals surface area contributed by atoms with Gasteiger partial charge in [-0.3, -0.25) is 5.10 Å². The lowest BCUT2D eigenvalue weighted by Crippen LogP contribution is -2.06. The SMILES string of the molecule is CNCc1[nH]nc(-c2cc(C)c(OC)cc2C)c1C. The number of ether oxygens (including phenoxy) is 1. The van der Waals surface area contributed by atoms with Crippen LogP contribution in [-0.4, -0.2) is 24.4 Å². The number of methoxy groups -OCH3 is 1. The zero-order valence-electron chi connectivity index (χ0n) is 12.2. The molecule has 0 bridgehead atoms. The predicted octanol–water partition coefficient (Wildman–Crippen LogP) is 2.73. The summed E-state index contributed by atoms with van der Waals surface area (Å²) in [6, 6.07) is 4.21. The third-order valence-electron chi connectivity index (χ3n) is 3.46. The number of rotatable bonds is 4. The summed E-state index contributed by atoms with van der Waals surface area (Å²) in [4.78, 5) is 0. The largest absolute Gasteiger partial charge is 0.496 e. The van der Waals surface area contributed by atoms with Crippen molar-refractivity contribution in [3.05, 3.63) is 34.5 Å². The van der Waals surface area contributed by atoms with Crippen molar-refractivity contribution in [1.82, 2.24) is 15.5 Å². The number of aromatic amines is 1. The number of H-pyrrole nitrogens is 1. The number of aryl methyl sites for hydroxylation is 2. The van der Waals surface area contributed by atoms with E-state index in [1.165, 1.54) is 11.1 Å². The van der Waals surface area contributed by atoms with E-state index in [1.54, 1.807) is 7.11 Å². The highest BCUT2D eigenvalue weighted by atomic mass is 16.5. The second kappa shape index (κ2) is 5.45. The van der Waals surface area contributed by atoms with E-state index in [9.17, 15) is 0 Å². The summed E-state index contributed by atoms with van der Waals surface area (Å²) < 4.78 is 5.35. The molecule has 1 aromatic carbocycles. The molecule has 2 rings (SSSR count). The van der Waals surface area contributed by atoms with Crippen molar-refractivity contribution in [2.75, 3.05) is 14.2 Å². The van der Waals surface area contributed by atoms with Gasteiger partial charge in [-0.05, 0) is 56.6 Å². The van der Waals surface area contributed by atoms with Crippen molar-refractivity contribution < 1.29 is 4.74 Å². The Morgan fingerprint density at radius 2 is 1.95 bits per heavy atom. The Bertz CT molecular complexity index is 587. The van der Waals surface area contributed by atoms with Gasteiger partial charge in [0.1, 0.15) is 5.75 Å². The van der Waals surface area contributed by atoms with Crippen molar-refractivity contribution in [3.8, 4) is 17.0 Å². The first-order valence-corrected chi connectivity index (χ1v) is 6.42. The number of hydrogen-bond acceptors (Lipinski definition) is 3. The molecule has 0 fully saturated rings. The van der Waals surface area contributed by atoms with Crippen LogP contribution in [0.15, 0.2) is 12.1 Å². The molecule has 102 valence electrons. The van der Waals surface area contributed by atoms with Crippen molar-refractivity contribution in [2.45, 2.75) is 27.3 Å². The van der Waals surface area contributed by atoms with Gasteiger partial charge in [0.05, 0.1) is 18.5 Å². The fraction of sp³-hybridized carbons (Fsp3) is 0.400. The highest BCUT2D eigenvalue weighted by Gasteiger charge is 2.14. The lowest BCUT2D eigenvalue weighted by molar-refractivity contribution is 0.411. The Morgan fingerprint density at radius 1 is 1.21 bits per heavy atom. The van der Waals surface area contributed by atoms with Gasteiger partial charge in [0.25, 0.3) is 0 Å². The topological polar surface area (TPSA) is 49.9 Å². The third kappa shape index (κ3) is 2.49. The van der Waals surface area contributed by atoms with Crippen LogP contribution in [0.5, 0.6) is 5.75 Å². The van der Waals surface area contributed by atoms with E-state index in [-0.39, 0.29) is 0 Å². The van der Waals surface area contributed by atoms with E-state index in [1.807, 2.05) is 7.05 Å². The lowest BCUT2D eigenvalue weighted by atomic mass is 9.99. The van der Waals surface area contributed by atoms with Gasteiger partial charge in [-0.15, -0.1) is 0 Å². The zero-order valence-corrected chi connectivity index (χ0v) is 12.2. The molecule has 2 aromatic rings. The van der Waals surface area contributed by atoms with Crippen LogP contribution in [0, 0.1) is 20.8 Å². The van der Waals surface area contributed by atoms with Crippen molar-refractivity contribution >= 4 is 0 Å². The summed E-state index contributed by atoms with van der Waals surface area (Å²) in [5.41, 5.74) is 6.81. The smallest absolute Gasteiger partial charge is 0.122 e. The fourth-order valence-corrected chi connectivity index (χ4v) is 2.31. The molecule has 0 amide bonds. The van der Waals surface area contributed by atoms with E-state index in [0.717, 1.165) is 34.8 Å². The van der Waals surface area contributed by atoms with Crippen LogP contribution in [0.25, 0.3) is 11.3 Å². The number of nitrogens with zero attached hydrogens (tertiary/aromatic N) is 1. The molecule has 0 aliphatic carbocycles. The van der Waals surface area contributed by atoms with Crippen LogP contribution in [0.2, 0.25) is 0 Å². The molecule has 19 heavy (non-hydrogen) atoms.